The Morgan fingerprint density at radius 1 is 1.80 bits per heavy atom. The predicted molar refractivity (Wildman–Crippen MR) is 44.3 cm³/mol. The molecule has 2 heteroatoms. The molecule has 0 spiro atoms. The number of hydrogen-bond acceptors (Lipinski definition) is 2. The molecule has 1 aromatic rings. The van der Waals surface area contributed by atoms with Gasteiger partial charge in [0.1, 0.15) is 0 Å². The molecule has 0 saturated heterocycles. The third-order valence-corrected chi connectivity index (χ3v) is 2.39. The van der Waals surface area contributed by atoms with Crippen LogP contribution in [0.1, 0.15) is 10.8 Å². The zero-order chi connectivity index (χ0) is 7.40. The van der Waals surface area contributed by atoms with Crippen molar-refractivity contribution in [3.63, 3.8) is 0 Å². The normalized spacial score (nSPS) is 12.9. The molecule has 0 aliphatic heterocycles. The number of aliphatic hydroxyl groups excluding tert-OH is 1. The van der Waals surface area contributed by atoms with Crippen LogP contribution in [0, 0.1) is 0 Å². The highest BCUT2D eigenvalue weighted by molar-refractivity contribution is 7.10. The van der Waals surface area contributed by atoms with Crippen LogP contribution in [0.4, 0.5) is 0 Å². The molecule has 0 unspecified atom stereocenters. The zero-order valence-electron chi connectivity index (χ0n) is 5.66. The van der Waals surface area contributed by atoms with E-state index in [1.807, 2.05) is 17.5 Å². The second kappa shape index (κ2) is 3.54. The third kappa shape index (κ3) is 1.46. The van der Waals surface area contributed by atoms with E-state index in [9.17, 15) is 0 Å². The number of thiophene rings is 1. The quantitative estimate of drug-likeness (QED) is 0.660. The molecule has 54 valence electrons. The molecule has 0 aliphatic carbocycles. The molecule has 0 amide bonds. The largest absolute Gasteiger partial charge is 0.395 e. The van der Waals surface area contributed by atoms with Gasteiger partial charge in [0.05, 0.1) is 6.61 Å². The molecule has 0 aliphatic rings. The molecule has 0 radical (unpaired) electrons. The summed E-state index contributed by atoms with van der Waals surface area (Å²) in [6, 6.07) is 3.99. The topological polar surface area (TPSA) is 20.2 Å². The Morgan fingerprint density at radius 2 is 2.60 bits per heavy atom. The van der Waals surface area contributed by atoms with Gasteiger partial charge in [-0.05, 0) is 11.4 Å². The van der Waals surface area contributed by atoms with Crippen molar-refractivity contribution in [3.05, 3.63) is 35.0 Å². The Hall–Kier alpha value is -0.600. The van der Waals surface area contributed by atoms with Crippen molar-refractivity contribution in [3.8, 4) is 0 Å². The fourth-order valence-corrected chi connectivity index (χ4v) is 1.60. The van der Waals surface area contributed by atoms with Crippen LogP contribution in [0.5, 0.6) is 0 Å². The molecular formula is C8H10OS. The molecule has 1 nitrogen and oxygen atoms in total. The summed E-state index contributed by atoms with van der Waals surface area (Å²) in [5, 5.41) is 10.8. The van der Waals surface area contributed by atoms with Crippen molar-refractivity contribution in [2.75, 3.05) is 6.61 Å². The minimum atomic E-state index is 0.125. The fraction of sp³-hybridized carbons (Fsp3) is 0.250. The van der Waals surface area contributed by atoms with Gasteiger partial charge in [-0.25, -0.2) is 0 Å². The van der Waals surface area contributed by atoms with Gasteiger partial charge in [0.2, 0.25) is 0 Å². The summed E-state index contributed by atoms with van der Waals surface area (Å²) in [6.07, 6.45) is 1.77. The van der Waals surface area contributed by atoms with Crippen molar-refractivity contribution in [1.29, 1.82) is 0 Å². The number of rotatable bonds is 3. The van der Waals surface area contributed by atoms with Crippen LogP contribution in [-0.2, 0) is 0 Å². The van der Waals surface area contributed by atoms with Gasteiger partial charge in [-0.1, -0.05) is 12.1 Å². The SMILES string of the molecule is C=C[C@@H](CO)c1cccs1. The van der Waals surface area contributed by atoms with E-state index in [0.29, 0.717) is 0 Å². The van der Waals surface area contributed by atoms with Crippen LogP contribution in [0.2, 0.25) is 0 Å². The summed E-state index contributed by atoms with van der Waals surface area (Å²) in [4.78, 5) is 1.18. The monoisotopic (exact) mass is 154 g/mol. The Labute approximate surface area is 64.6 Å². The van der Waals surface area contributed by atoms with Gasteiger partial charge in [-0.3, -0.25) is 0 Å². The van der Waals surface area contributed by atoms with Crippen LogP contribution < -0.4 is 0 Å². The molecule has 1 atom stereocenters. The van der Waals surface area contributed by atoms with E-state index < -0.39 is 0 Å². The van der Waals surface area contributed by atoms with Gasteiger partial charge in [0, 0.05) is 10.8 Å². The van der Waals surface area contributed by atoms with Crippen LogP contribution in [0.3, 0.4) is 0 Å². The molecule has 0 fully saturated rings. The summed E-state index contributed by atoms with van der Waals surface area (Å²) in [5.41, 5.74) is 0. The minimum Gasteiger partial charge on any atom is -0.395 e. The first-order chi connectivity index (χ1) is 4.88. The maximum Gasteiger partial charge on any atom is 0.0542 e. The van der Waals surface area contributed by atoms with Crippen molar-refractivity contribution < 1.29 is 5.11 Å². The fourth-order valence-electron chi connectivity index (χ4n) is 0.783. The molecule has 1 N–H and O–H groups in total. The van der Waals surface area contributed by atoms with E-state index >= 15 is 0 Å². The van der Waals surface area contributed by atoms with Crippen molar-refractivity contribution in [2.45, 2.75) is 5.92 Å². The highest BCUT2D eigenvalue weighted by atomic mass is 32.1. The zero-order valence-corrected chi connectivity index (χ0v) is 6.47. The van der Waals surface area contributed by atoms with E-state index in [4.69, 9.17) is 5.11 Å². The predicted octanol–water partition coefficient (Wildman–Crippen LogP) is 2.01. The lowest BCUT2D eigenvalue weighted by Gasteiger charge is -2.03. The standard InChI is InChI=1S/C8H10OS/c1-2-7(6-9)8-4-3-5-10-8/h2-5,7,9H,1,6H2/t7-/m0/s1. The first-order valence-corrected chi connectivity index (χ1v) is 4.03. The van der Waals surface area contributed by atoms with Gasteiger partial charge >= 0.3 is 0 Å². The summed E-state index contributed by atoms with van der Waals surface area (Å²) < 4.78 is 0. The first-order valence-electron chi connectivity index (χ1n) is 3.15. The lowest BCUT2D eigenvalue weighted by molar-refractivity contribution is 0.285. The first kappa shape index (κ1) is 7.51. The molecule has 1 aromatic heterocycles. The molecule has 0 aromatic carbocycles. The Bertz CT molecular complexity index is 191. The van der Waals surface area contributed by atoms with Gasteiger partial charge in [-0.15, -0.1) is 17.9 Å². The average Bonchev–Trinajstić information content (AvgIpc) is 2.43. The van der Waals surface area contributed by atoms with Gasteiger partial charge in [0.25, 0.3) is 0 Å². The second-order valence-corrected chi connectivity index (χ2v) is 3.02. The lowest BCUT2D eigenvalue weighted by Crippen LogP contribution is -1.96. The summed E-state index contributed by atoms with van der Waals surface area (Å²) in [5.74, 6) is 0.125. The molecule has 10 heavy (non-hydrogen) atoms. The molecular weight excluding hydrogens is 144 g/mol. The van der Waals surface area contributed by atoms with E-state index in [-0.39, 0.29) is 12.5 Å². The van der Waals surface area contributed by atoms with Crippen molar-refractivity contribution in [2.24, 2.45) is 0 Å². The van der Waals surface area contributed by atoms with Gasteiger partial charge < -0.3 is 5.11 Å². The van der Waals surface area contributed by atoms with Crippen LogP contribution >= 0.6 is 11.3 Å². The van der Waals surface area contributed by atoms with E-state index in [0.717, 1.165) is 0 Å². The molecule has 1 rings (SSSR count). The van der Waals surface area contributed by atoms with Crippen molar-refractivity contribution in [1.82, 2.24) is 0 Å². The number of hydrogen-bond donors (Lipinski definition) is 1. The van der Waals surface area contributed by atoms with Gasteiger partial charge in [-0.2, -0.15) is 0 Å². The second-order valence-electron chi connectivity index (χ2n) is 2.04. The van der Waals surface area contributed by atoms with Crippen LogP contribution in [0.25, 0.3) is 0 Å². The van der Waals surface area contributed by atoms with Crippen LogP contribution in [-0.4, -0.2) is 11.7 Å². The average molecular weight is 154 g/mol. The third-order valence-electron chi connectivity index (χ3n) is 1.39. The van der Waals surface area contributed by atoms with Gasteiger partial charge in [0.15, 0.2) is 0 Å². The molecule has 1 heterocycles. The van der Waals surface area contributed by atoms with Crippen molar-refractivity contribution >= 4 is 11.3 Å². The smallest absolute Gasteiger partial charge is 0.0542 e. The molecule has 0 saturated carbocycles. The summed E-state index contributed by atoms with van der Waals surface area (Å²) in [7, 11) is 0. The Balaban J connectivity index is 2.73. The van der Waals surface area contributed by atoms with Crippen LogP contribution in [0.15, 0.2) is 30.2 Å². The highest BCUT2D eigenvalue weighted by Gasteiger charge is 2.04. The van der Waals surface area contributed by atoms with E-state index in [1.165, 1.54) is 4.88 Å². The minimum absolute atomic E-state index is 0.125. The maximum absolute atomic E-state index is 8.83. The maximum atomic E-state index is 8.83. The Morgan fingerprint density at radius 3 is 3.00 bits per heavy atom. The Kier molecular flexibility index (Phi) is 2.66. The number of aliphatic hydroxyl groups is 1. The van der Waals surface area contributed by atoms with E-state index in [1.54, 1.807) is 17.4 Å². The molecule has 0 bridgehead atoms. The van der Waals surface area contributed by atoms with E-state index in [2.05, 4.69) is 6.58 Å². The summed E-state index contributed by atoms with van der Waals surface area (Å²) in [6.45, 7) is 3.79. The lowest BCUT2D eigenvalue weighted by atomic mass is 10.1. The summed E-state index contributed by atoms with van der Waals surface area (Å²) >= 11 is 1.65. The highest BCUT2D eigenvalue weighted by Crippen LogP contribution is 2.20.